The van der Waals surface area contributed by atoms with Crippen molar-refractivity contribution in [3.63, 3.8) is 0 Å². The Morgan fingerprint density at radius 2 is 2.06 bits per heavy atom. The molecule has 1 aliphatic heterocycles. The molecule has 1 aromatic rings. The monoisotopic (exact) mass is 225 g/mol. The lowest BCUT2D eigenvalue weighted by Gasteiger charge is -2.33. The van der Waals surface area contributed by atoms with Crippen molar-refractivity contribution < 1.29 is 9.53 Å². The topological polar surface area (TPSA) is 78.2 Å². The molecule has 2 rings (SSSR count). The lowest BCUT2D eigenvalue weighted by atomic mass is 10.0. The molecular formula is C10H15N3O3. The molecule has 0 bridgehead atoms. The Hall–Kier alpha value is -1.72. The molecule has 0 aromatic carbocycles. The molecule has 1 unspecified atom stereocenters. The SMILES string of the molecule is COC(=O)N1C(C)c2c([nH][nH]c2=O)C1(C)C. The Morgan fingerprint density at radius 1 is 1.44 bits per heavy atom. The minimum absolute atomic E-state index is 0.179. The molecule has 0 aliphatic carbocycles. The van der Waals surface area contributed by atoms with E-state index in [0.29, 0.717) is 5.56 Å². The third-order valence-corrected chi connectivity index (χ3v) is 3.21. The average molecular weight is 225 g/mol. The summed E-state index contributed by atoms with van der Waals surface area (Å²) in [5, 5.41) is 5.37. The van der Waals surface area contributed by atoms with E-state index in [2.05, 4.69) is 10.2 Å². The molecule has 6 heteroatoms. The lowest BCUT2D eigenvalue weighted by Crippen LogP contribution is -2.42. The fraction of sp³-hybridized carbons (Fsp3) is 0.600. The highest BCUT2D eigenvalue weighted by atomic mass is 16.5. The van der Waals surface area contributed by atoms with Gasteiger partial charge in [0.2, 0.25) is 0 Å². The smallest absolute Gasteiger partial charge is 0.410 e. The van der Waals surface area contributed by atoms with Gasteiger partial charge in [0.25, 0.3) is 5.56 Å². The normalized spacial score (nSPS) is 22.0. The molecule has 0 radical (unpaired) electrons. The molecule has 16 heavy (non-hydrogen) atoms. The van der Waals surface area contributed by atoms with Crippen LogP contribution in [0.15, 0.2) is 4.79 Å². The maximum absolute atomic E-state index is 11.7. The van der Waals surface area contributed by atoms with Crippen molar-refractivity contribution in [2.75, 3.05) is 7.11 Å². The second-order valence-electron chi connectivity index (χ2n) is 4.44. The molecule has 88 valence electrons. The number of hydrogen-bond donors (Lipinski definition) is 2. The Labute approximate surface area is 92.6 Å². The number of aromatic nitrogens is 2. The predicted octanol–water partition coefficient (Wildman–Crippen LogP) is 1.08. The number of nitrogens with zero attached hydrogens (tertiary/aromatic N) is 1. The van der Waals surface area contributed by atoms with E-state index in [1.165, 1.54) is 7.11 Å². The summed E-state index contributed by atoms with van der Waals surface area (Å²) >= 11 is 0. The van der Waals surface area contributed by atoms with Crippen molar-refractivity contribution in [1.82, 2.24) is 15.1 Å². The van der Waals surface area contributed by atoms with Gasteiger partial charge in [-0.2, -0.15) is 0 Å². The van der Waals surface area contributed by atoms with Crippen LogP contribution in [0.2, 0.25) is 0 Å². The molecule has 0 saturated carbocycles. The van der Waals surface area contributed by atoms with E-state index in [-0.39, 0.29) is 11.6 Å². The van der Waals surface area contributed by atoms with E-state index in [0.717, 1.165) is 5.69 Å². The van der Waals surface area contributed by atoms with Crippen LogP contribution in [0.4, 0.5) is 4.79 Å². The number of hydrogen-bond acceptors (Lipinski definition) is 3. The number of methoxy groups -OCH3 is 1. The molecule has 0 spiro atoms. The third-order valence-electron chi connectivity index (χ3n) is 3.21. The summed E-state index contributed by atoms with van der Waals surface area (Å²) < 4.78 is 4.74. The molecule has 2 heterocycles. The zero-order valence-corrected chi connectivity index (χ0v) is 9.75. The summed E-state index contributed by atoms with van der Waals surface area (Å²) in [4.78, 5) is 24.9. The number of ether oxygens (including phenoxy) is 1. The first kappa shape index (κ1) is 10.8. The average Bonchev–Trinajstić information content (AvgIpc) is 2.67. The number of H-pyrrole nitrogens is 2. The molecule has 0 saturated heterocycles. The number of rotatable bonds is 0. The van der Waals surface area contributed by atoms with Gasteiger partial charge in [-0.1, -0.05) is 0 Å². The number of carbonyl (C=O) groups is 1. The van der Waals surface area contributed by atoms with Gasteiger partial charge in [0.05, 0.1) is 29.9 Å². The maximum atomic E-state index is 11.7. The summed E-state index contributed by atoms with van der Waals surface area (Å²) in [6.45, 7) is 5.56. The molecule has 0 fully saturated rings. The number of amides is 1. The van der Waals surface area contributed by atoms with Crippen LogP contribution in [0.3, 0.4) is 0 Å². The number of nitrogens with one attached hydrogen (secondary N) is 2. The largest absolute Gasteiger partial charge is 0.453 e. The first-order valence-electron chi connectivity index (χ1n) is 5.09. The molecular weight excluding hydrogens is 210 g/mol. The van der Waals surface area contributed by atoms with Crippen LogP contribution in [0.1, 0.15) is 38.1 Å². The number of fused-ring (bicyclic) bond motifs is 1. The van der Waals surface area contributed by atoms with E-state index in [4.69, 9.17) is 4.74 Å². The van der Waals surface area contributed by atoms with Crippen LogP contribution in [0, 0.1) is 0 Å². The van der Waals surface area contributed by atoms with Crippen LogP contribution in [0.25, 0.3) is 0 Å². The van der Waals surface area contributed by atoms with Gasteiger partial charge in [0, 0.05) is 0 Å². The van der Waals surface area contributed by atoms with Gasteiger partial charge >= 0.3 is 6.09 Å². The predicted molar refractivity (Wildman–Crippen MR) is 57.1 cm³/mol. The first-order chi connectivity index (χ1) is 7.41. The maximum Gasteiger partial charge on any atom is 0.410 e. The minimum Gasteiger partial charge on any atom is -0.453 e. The van der Waals surface area contributed by atoms with Crippen LogP contribution in [-0.2, 0) is 10.3 Å². The summed E-state index contributed by atoms with van der Waals surface area (Å²) in [6.07, 6.45) is -0.429. The molecule has 1 aliphatic rings. The Bertz CT molecular complexity index is 486. The first-order valence-corrected chi connectivity index (χ1v) is 5.09. The van der Waals surface area contributed by atoms with Crippen molar-refractivity contribution in [3.8, 4) is 0 Å². The second kappa shape index (κ2) is 3.13. The van der Waals surface area contributed by atoms with Gasteiger partial charge < -0.3 is 4.74 Å². The van der Waals surface area contributed by atoms with Crippen LogP contribution >= 0.6 is 0 Å². The van der Waals surface area contributed by atoms with Crippen LogP contribution in [-0.4, -0.2) is 28.3 Å². The zero-order valence-electron chi connectivity index (χ0n) is 9.75. The van der Waals surface area contributed by atoms with Crippen molar-refractivity contribution in [1.29, 1.82) is 0 Å². The van der Waals surface area contributed by atoms with E-state index in [1.807, 2.05) is 20.8 Å². The summed E-state index contributed by atoms with van der Waals surface area (Å²) in [7, 11) is 1.34. The Balaban J connectivity index is 2.57. The molecule has 6 nitrogen and oxygen atoms in total. The minimum atomic E-state index is -0.568. The highest BCUT2D eigenvalue weighted by Gasteiger charge is 2.48. The van der Waals surface area contributed by atoms with Gasteiger partial charge in [-0.05, 0) is 20.8 Å². The van der Waals surface area contributed by atoms with Gasteiger partial charge in [0.15, 0.2) is 0 Å². The standard InChI is InChI=1S/C10H15N3O3/c1-5-6-7(11-12-8(6)14)10(2,3)13(5)9(15)16-4/h5H,1-4H3,(H2,11,12,14). The fourth-order valence-electron chi connectivity index (χ4n) is 2.47. The summed E-state index contributed by atoms with van der Waals surface area (Å²) in [6, 6.07) is -0.285. The van der Waals surface area contributed by atoms with Crippen LogP contribution in [0.5, 0.6) is 0 Å². The number of aromatic amines is 2. The van der Waals surface area contributed by atoms with Gasteiger partial charge in [-0.25, -0.2) is 4.79 Å². The quantitative estimate of drug-likeness (QED) is 0.693. The van der Waals surface area contributed by atoms with Gasteiger partial charge in [-0.3, -0.25) is 19.9 Å². The molecule has 1 atom stereocenters. The van der Waals surface area contributed by atoms with Crippen molar-refractivity contribution in [2.24, 2.45) is 0 Å². The molecule has 1 amide bonds. The second-order valence-corrected chi connectivity index (χ2v) is 4.44. The highest BCUT2D eigenvalue weighted by Crippen LogP contribution is 2.43. The Morgan fingerprint density at radius 3 is 2.56 bits per heavy atom. The Kier molecular flexibility index (Phi) is 2.11. The zero-order chi connectivity index (χ0) is 12.1. The van der Waals surface area contributed by atoms with Gasteiger partial charge in [-0.15, -0.1) is 0 Å². The summed E-state index contributed by atoms with van der Waals surface area (Å²) in [5.41, 5.74) is 0.605. The highest BCUT2D eigenvalue weighted by molar-refractivity contribution is 5.71. The molecule has 1 aromatic heterocycles. The lowest BCUT2D eigenvalue weighted by molar-refractivity contribution is 0.0651. The fourth-order valence-corrected chi connectivity index (χ4v) is 2.47. The van der Waals surface area contributed by atoms with E-state index in [9.17, 15) is 9.59 Å². The van der Waals surface area contributed by atoms with Crippen LogP contribution < -0.4 is 5.56 Å². The molecule has 2 N–H and O–H groups in total. The van der Waals surface area contributed by atoms with Crippen molar-refractivity contribution in [2.45, 2.75) is 32.4 Å². The van der Waals surface area contributed by atoms with E-state index < -0.39 is 11.6 Å². The van der Waals surface area contributed by atoms with Crippen molar-refractivity contribution in [3.05, 3.63) is 21.6 Å². The van der Waals surface area contributed by atoms with Crippen molar-refractivity contribution >= 4 is 6.09 Å². The van der Waals surface area contributed by atoms with E-state index >= 15 is 0 Å². The van der Waals surface area contributed by atoms with Gasteiger partial charge in [0.1, 0.15) is 0 Å². The third kappa shape index (κ3) is 1.12. The van der Waals surface area contributed by atoms with E-state index in [1.54, 1.807) is 4.90 Å². The number of carbonyl (C=O) groups excluding carboxylic acids is 1. The summed E-state index contributed by atoms with van der Waals surface area (Å²) in [5.74, 6) is 0.